The van der Waals surface area contributed by atoms with Crippen LogP contribution in [-0.2, 0) is 11.3 Å². The van der Waals surface area contributed by atoms with Gasteiger partial charge < -0.3 is 14.8 Å². The average molecular weight is 413 g/mol. The molecule has 1 N–H and O–H groups in total. The van der Waals surface area contributed by atoms with Gasteiger partial charge in [0.2, 0.25) is 5.91 Å². The number of nitrogens with zero attached hydrogens (tertiary/aromatic N) is 1. The molecule has 0 atom stereocenters. The van der Waals surface area contributed by atoms with Gasteiger partial charge in [-0.05, 0) is 47.9 Å². The van der Waals surface area contributed by atoms with Gasteiger partial charge >= 0.3 is 0 Å². The van der Waals surface area contributed by atoms with Gasteiger partial charge in [0.1, 0.15) is 0 Å². The van der Waals surface area contributed by atoms with Crippen LogP contribution in [0.2, 0.25) is 0 Å². The van der Waals surface area contributed by atoms with Crippen molar-refractivity contribution in [3.8, 4) is 11.5 Å². The van der Waals surface area contributed by atoms with E-state index < -0.39 is 0 Å². The van der Waals surface area contributed by atoms with E-state index in [1.165, 1.54) is 23.1 Å². The number of carbonyl (C=O) groups is 1. The Morgan fingerprint density at radius 1 is 1.10 bits per heavy atom. The van der Waals surface area contributed by atoms with Crippen LogP contribution in [0.25, 0.3) is 6.08 Å². The molecule has 0 radical (unpaired) electrons. The SMILES string of the molecule is COc1ccc(/C=C/C(=O)Nc2ccc(CN3CCSCC3)cc2C)cc1OC. The molecule has 0 spiro atoms. The summed E-state index contributed by atoms with van der Waals surface area (Å²) in [5.41, 5.74) is 4.06. The Labute approximate surface area is 177 Å². The molecule has 29 heavy (non-hydrogen) atoms. The summed E-state index contributed by atoms with van der Waals surface area (Å²) >= 11 is 2.02. The second-order valence-corrected chi connectivity index (χ2v) is 8.20. The summed E-state index contributed by atoms with van der Waals surface area (Å²) in [7, 11) is 3.19. The minimum Gasteiger partial charge on any atom is -0.493 e. The number of rotatable bonds is 7. The second kappa shape index (κ2) is 10.4. The van der Waals surface area contributed by atoms with Crippen LogP contribution < -0.4 is 14.8 Å². The molecule has 1 fully saturated rings. The molecule has 5 nitrogen and oxygen atoms in total. The maximum absolute atomic E-state index is 12.4. The van der Waals surface area contributed by atoms with Gasteiger partial charge in [0.15, 0.2) is 11.5 Å². The average Bonchev–Trinajstić information content (AvgIpc) is 2.74. The van der Waals surface area contributed by atoms with Crippen molar-refractivity contribution in [3.05, 3.63) is 59.2 Å². The van der Waals surface area contributed by atoms with Crippen LogP contribution in [0.15, 0.2) is 42.5 Å². The van der Waals surface area contributed by atoms with Gasteiger partial charge in [0.25, 0.3) is 0 Å². The highest BCUT2D eigenvalue weighted by atomic mass is 32.2. The molecule has 2 aromatic rings. The zero-order valence-corrected chi connectivity index (χ0v) is 18.1. The molecular weight excluding hydrogens is 384 g/mol. The molecule has 1 amide bonds. The number of nitrogens with one attached hydrogen (secondary N) is 1. The number of anilines is 1. The predicted octanol–water partition coefficient (Wildman–Crippen LogP) is 4.21. The molecular formula is C23H28N2O3S. The van der Waals surface area contributed by atoms with Gasteiger partial charge in [-0.2, -0.15) is 11.8 Å². The van der Waals surface area contributed by atoms with Gasteiger partial charge in [-0.15, -0.1) is 0 Å². The van der Waals surface area contributed by atoms with E-state index >= 15 is 0 Å². The standard InChI is InChI=1S/C23H28N2O3S/c1-17-14-19(16-25-10-12-29-13-11-25)4-7-20(17)24-23(26)9-6-18-5-8-21(27-2)22(15-18)28-3/h4-9,14-15H,10-13,16H2,1-3H3,(H,24,26)/b9-6+. The fraction of sp³-hybridized carbons (Fsp3) is 0.348. The molecule has 3 rings (SSSR count). The zero-order valence-electron chi connectivity index (χ0n) is 17.2. The summed E-state index contributed by atoms with van der Waals surface area (Å²) in [6.07, 6.45) is 3.29. The maximum atomic E-state index is 12.4. The van der Waals surface area contributed by atoms with E-state index in [2.05, 4.69) is 22.3 Å². The first-order valence-corrected chi connectivity index (χ1v) is 10.8. The Bertz CT molecular complexity index is 876. The number of methoxy groups -OCH3 is 2. The van der Waals surface area contributed by atoms with Crippen molar-refractivity contribution in [2.75, 3.05) is 44.1 Å². The number of ether oxygens (including phenoxy) is 2. The Kier molecular flexibility index (Phi) is 7.61. The minimum absolute atomic E-state index is 0.163. The number of amides is 1. The molecule has 1 heterocycles. The Morgan fingerprint density at radius 2 is 1.86 bits per heavy atom. The Morgan fingerprint density at radius 3 is 2.55 bits per heavy atom. The van der Waals surface area contributed by atoms with Gasteiger partial charge in [-0.25, -0.2) is 0 Å². The molecule has 0 aliphatic carbocycles. The molecule has 0 bridgehead atoms. The highest BCUT2D eigenvalue weighted by molar-refractivity contribution is 7.99. The Balaban J connectivity index is 1.60. The lowest BCUT2D eigenvalue weighted by molar-refractivity contribution is -0.111. The number of benzene rings is 2. The van der Waals surface area contributed by atoms with E-state index in [4.69, 9.17) is 9.47 Å². The van der Waals surface area contributed by atoms with Crippen LogP contribution >= 0.6 is 11.8 Å². The van der Waals surface area contributed by atoms with Crippen LogP contribution in [0.1, 0.15) is 16.7 Å². The van der Waals surface area contributed by atoms with E-state index in [1.54, 1.807) is 20.3 Å². The number of hydrogen-bond acceptors (Lipinski definition) is 5. The summed E-state index contributed by atoms with van der Waals surface area (Å²) in [4.78, 5) is 14.8. The van der Waals surface area contributed by atoms with Crippen molar-refractivity contribution in [3.63, 3.8) is 0 Å². The van der Waals surface area contributed by atoms with Gasteiger partial charge in [0.05, 0.1) is 14.2 Å². The topological polar surface area (TPSA) is 50.8 Å². The summed E-state index contributed by atoms with van der Waals surface area (Å²) in [6, 6.07) is 11.8. The molecule has 0 saturated carbocycles. The fourth-order valence-corrected chi connectivity index (χ4v) is 4.26. The number of hydrogen-bond donors (Lipinski definition) is 1. The number of carbonyl (C=O) groups excluding carboxylic acids is 1. The highest BCUT2D eigenvalue weighted by Gasteiger charge is 2.11. The largest absolute Gasteiger partial charge is 0.493 e. The summed E-state index contributed by atoms with van der Waals surface area (Å²) < 4.78 is 10.5. The van der Waals surface area contributed by atoms with E-state index in [0.29, 0.717) is 11.5 Å². The van der Waals surface area contributed by atoms with Crippen molar-refractivity contribution < 1.29 is 14.3 Å². The lowest BCUT2D eigenvalue weighted by Crippen LogP contribution is -2.31. The molecule has 0 aromatic heterocycles. The molecule has 1 saturated heterocycles. The van der Waals surface area contributed by atoms with Crippen molar-refractivity contribution in [1.82, 2.24) is 4.90 Å². The van der Waals surface area contributed by atoms with Gasteiger partial charge in [-0.3, -0.25) is 9.69 Å². The lowest BCUT2D eigenvalue weighted by atomic mass is 10.1. The third kappa shape index (κ3) is 6.02. The first-order chi connectivity index (χ1) is 14.1. The zero-order chi connectivity index (χ0) is 20.6. The third-order valence-corrected chi connectivity index (χ3v) is 5.84. The maximum Gasteiger partial charge on any atom is 0.248 e. The first kappa shape index (κ1) is 21.3. The fourth-order valence-electron chi connectivity index (χ4n) is 3.28. The number of thioether (sulfide) groups is 1. The monoisotopic (exact) mass is 412 g/mol. The smallest absolute Gasteiger partial charge is 0.248 e. The van der Waals surface area contributed by atoms with Crippen molar-refractivity contribution in [2.24, 2.45) is 0 Å². The number of aryl methyl sites for hydroxylation is 1. The van der Waals surface area contributed by atoms with Gasteiger partial charge in [-0.1, -0.05) is 18.2 Å². The van der Waals surface area contributed by atoms with Crippen LogP contribution in [-0.4, -0.2) is 49.6 Å². The summed E-state index contributed by atoms with van der Waals surface area (Å²) in [5.74, 6) is 3.55. The summed E-state index contributed by atoms with van der Waals surface area (Å²) in [5, 5.41) is 2.96. The highest BCUT2D eigenvalue weighted by Crippen LogP contribution is 2.28. The van der Waals surface area contributed by atoms with Crippen molar-refractivity contribution >= 4 is 29.4 Å². The quantitative estimate of drug-likeness (QED) is 0.691. The molecule has 154 valence electrons. The third-order valence-electron chi connectivity index (χ3n) is 4.89. The van der Waals surface area contributed by atoms with E-state index in [0.717, 1.165) is 36.4 Å². The lowest BCUT2D eigenvalue weighted by Gasteiger charge is -2.26. The molecule has 1 aliphatic rings. The van der Waals surface area contributed by atoms with Crippen LogP contribution in [0.5, 0.6) is 11.5 Å². The van der Waals surface area contributed by atoms with Gasteiger partial charge in [0, 0.05) is 42.9 Å². The molecule has 2 aromatic carbocycles. The normalized spacial score (nSPS) is 14.7. The molecule has 6 heteroatoms. The van der Waals surface area contributed by atoms with Crippen molar-refractivity contribution in [1.29, 1.82) is 0 Å². The second-order valence-electron chi connectivity index (χ2n) is 6.97. The van der Waals surface area contributed by atoms with Crippen LogP contribution in [0.3, 0.4) is 0 Å². The predicted molar refractivity (Wildman–Crippen MR) is 121 cm³/mol. The molecule has 1 aliphatic heterocycles. The minimum atomic E-state index is -0.163. The van der Waals surface area contributed by atoms with E-state index in [-0.39, 0.29) is 5.91 Å². The van der Waals surface area contributed by atoms with Crippen LogP contribution in [0, 0.1) is 6.92 Å². The van der Waals surface area contributed by atoms with Crippen molar-refractivity contribution in [2.45, 2.75) is 13.5 Å². The van der Waals surface area contributed by atoms with E-state index in [1.807, 2.05) is 43.0 Å². The van der Waals surface area contributed by atoms with E-state index in [9.17, 15) is 4.79 Å². The molecule has 0 unspecified atom stereocenters. The Hall–Kier alpha value is -2.44. The summed E-state index contributed by atoms with van der Waals surface area (Å²) in [6.45, 7) is 5.28. The first-order valence-electron chi connectivity index (χ1n) is 9.70. The van der Waals surface area contributed by atoms with Crippen LogP contribution in [0.4, 0.5) is 5.69 Å².